The van der Waals surface area contributed by atoms with Gasteiger partial charge in [0.05, 0.1) is 6.20 Å². The maximum atomic E-state index is 3.91. The zero-order chi connectivity index (χ0) is 8.81. The van der Waals surface area contributed by atoms with Gasteiger partial charge in [0.2, 0.25) is 0 Å². The Morgan fingerprint density at radius 2 is 2.50 bits per heavy atom. The highest BCUT2D eigenvalue weighted by molar-refractivity contribution is 5.07. The molecule has 0 aromatic carbocycles. The highest BCUT2D eigenvalue weighted by Crippen LogP contribution is 2.08. The first-order valence-electron chi connectivity index (χ1n) is 4.56. The Morgan fingerprint density at radius 3 is 3.08 bits per heavy atom. The molecule has 3 heteroatoms. The molecule has 3 nitrogen and oxygen atoms in total. The molecule has 0 saturated carbocycles. The number of aromatic amines is 1. The third kappa shape index (κ3) is 2.66. The molecule has 1 rings (SSSR count). The van der Waals surface area contributed by atoms with Gasteiger partial charge in [-0.1, -0.05) is 13.3 Å². The number of aromatic nitrogens is 2. The Bertz CT molecular complexity index is 194. The van der Waals surface area contributed by atoms with Crippen LogP contribution in [0.5, 0.6) is 0 Å². The molecule has 0 fully saturated rings. The molecule has 0 spiro atoms. The smallest absolute Gasteiger partial charge is 0.0534 e. The SMILES string of the molecule is CCCCNC(C)c1cn[nH]c1. The van der Waals surface area contributed by atoms with Crippen LogP contribution in [-0.4, -0.2) is 16.7 Å². The number of H-pyrrole nitrogens is 1. The molecule has 12 heavy (non-hydrogen) atoms. The Kier molecular flexibility index (Phi) is 3.80. The first kappa shape index (κ1) is 9.26. The molecule has 0 saturated heterocycles. The highest BCUT2D eigenvalue weighted by Gasteiger charge is 2.03. The van der Waals surface area contributed by atoms with Crippen LogP contribution >= 0.6 is 0 Å². The van der Waals surface area contributed by atoms with E-state index in [-0.39, 0.29) is 0 Å². The lowest BCUT2D eigenvalue weighted by atomic mass is 10.2. The lowest BCUT2D eigenvalue weighted by Gasteiger charge is -2.10. The van der Waals surface area contributed by atoms with E-state index < -0.39 is 0 Å². The average Bonchev–Trinajstić information content (AvgIpc) is 2.56. The van der Waals surface area contributed by atoms with Crippen LogP contribution in [0.1, 0.15) is 38.3 Å². The van der Waals surface area contributed by atoms with Gasteiger partial charge in [0, 0.05) is 17.8 Å². The van der Waals surface area contributed by atoms with Gasteiger partial charge < -0.3 is 5.32 Å². The highest BCUT2D eigenvalue weighted by atomic mass is 15.1. The summed E-state index contributed by atoms with van der Waals surface area (Å²) in [6.07, 6.45) is 6.28. The standard InChI is InChI=1S/C9H17N3/c1-3-4-5-10-8(2)9-6-11-12-7-9/h6-8,10H,3-5H2,1-2H3,(H,11,12). The van der Waals surface area contributed by atoms with E-state index in [1.807, 2.05) is 12.4 Å². The fourth-order valence-corrected chi connectivity index (χ4v) is 1.11. The fraction of sp³-hybridized carbons (Fsp3) is 0.667. The van der Waals surface area contributed by atoms with Crippen LogP contribution in [0.4, 0.5) is 0 Å². The molecular formula is C9H17N3. The molecule has 68 valence electrons. The van der Waals surface area contributed by atoms with Crippen LogP contribution in [0.15, 0.2) is 12.4 Å². The number of nitrogens with one attached hydrogen (secondary N) is 2. The predicted molar refractivity (Wildman–Crippen MR) is 49.9 cm³/mol. The van der Waals surface area contributed by atoms with Crippen molar-refractivity contribution in [3.05, 3.63) is 18.0 Å². The summed E-state index contributed by atoms with van der Waals surface area (Å²) >= 11 is 0. The van der Waals surface area contributed by atoms with Crippen LogP contribution in [-0.2, 0) is 0 Å². The molecule has 0 bridgehead atoms. The van der Waals surface area contributed by atoms with Crippen molar-refractivity contribution < 1.29 is 0 Å². The molecule has 2 N–H and O–H groups in total. The normalized spacial score (nSPS) is 13.2. The van der Waals surface area contributed by atoms with Gasteiger partial charge in [-0.3, -0.25) is 5.10 Å². The monoisotopic (exact) mass is 167 g/mol. The Morgan fingerprint density at radius 1 is 1.67 bits per heavy atom. The number of nitrogens with zero attached hydrogens (tertiary/aromatic N) is 1. The molecule has 1 aromatic rings. The van der Waals surface area contributed by atoms with E-state index in [0.29, 0.717) is 6.04 Å². The van der Waals surface area contributed by atoms with Gasteiger partial charge in [-0.15, -0.1) is 0 Å². The topological polar surface area (TPSA) is 40.7 Å². The van der Waals surface area contributed by atoms with Crippen LogP contribution in [0.25, 0.3) is 0 Å². The molecule has 1 aromatic heterocycles. The lowest BCUT2D eigenvalue weighted by Crippen LogP contribution is -2.19. The van der Waals surface area contributed by atoms with Gasteiger partial charge in [-0.2, -0.15) is 5.10 Å². The molecule has 0 radical (unpaired) electrons. The summed E-state index contributed by atoms with van der Waals surface area (Å²) in [6.45, 7) is 5.44. The molecule has 0 amide bonds. The van der Waals surface area contributed by atoms with E-state index in [1.54, 1.807) is 0 Å². The second-order valence-electron chi connectivity index (χ2n) is 3.06. The Labute approximate surface area is 73.6 Å². The number of rotatable bonds is 5. The van der Waals surface area contributed by atoms with E-state index in [0.717, 1.165) is 6.54 Å². The molecular weight excluding hydrogens is 150 g/mol. The predicted octanol–water partition coefficient (Wildman–Crippen LogP) is 1.86. The van der Waals surface area contributed by atoms with Gasteiger partial charge in [0.1, 0.15) is 0 Å². The van der Waals surface area contributed by atoms with Crippen LogP contribution < -0.4 is 5.32 Å². The van der Waals surface area contributed by atoms with Gasteiger partial charge in [0.25, 0.3) is 0 Å². The van der Waals surface area contributed by atoms with Gasteiger partial charge in [-0.05, 0) is 19.9 Å². The quantitative estimate of drug-likeness (QED) is 0.657. The third-order valence-corrected chi connectivity index (χ3v) is 2.00. The van der Waals surface area contributed by atoms with E-state index in [1.165, 1.54) is 18.4 Å². The molecule has 0 aliphatic carbocycles. The van der Waals surface area contributed by atoms with E-state index in [2.05, 4.69) is 29.4 Å². The third-order valence-electron chi connectivity index (χ3n) is 2.00. The molecule has 0 aliphatic rings. The van der Waals surface area contributed by atoms with Crippen molar-refractivity contribution in [1.82, 2.24) is 15.5 Å². The minimum absolute atomic E-state index is 0.412. The van der Waals surface area contributed by atoms with Crippen molar-refractivity contribution in [3.63, 3.8) is 0 Å². The number of hydrogen-bond donors (Lipinski definition) is 2. The van der Waals surface area contributed by atoms with Crippen molar-refractivity contribution in [2.24, 2.45) is 0 Å². The second kappa shape index (κ2) is 4.93. The first-order chi connectivity index (χ1) is 5.84. The van der Waals surface area contributed by atoms with E-state index in [9.17, 15) is 0 Å². The summed E-state index contributed by atoms with van der Waals surface area (Å²) in [5.74, 6) is 0. The van der Waals surface area contributed by atoms with Crippen LogP contribution in [0.3, 0.4) is 0 Å². The molecule has 1 atom stereocenters. The first-order valence-corrected chi connectivity index (χ1v) is 4.56. The van der Waals surface area contributed by atoms with Crippen LogP contribution in [0, 0.1) is 0 Å². The maximum absolute atomic E-state index is 3.91. The fourth-order valence-electron chi connectivity index (χ4n) is 1.11. The molecule has 1 unspecified atom stereocenters. The maximum Gasteiger partial charge on any atom is 0.0534 e. The minimum atomic E-state index is 0.412. The largest absolute Gasteiger partial charge is 0.310 e. The molecule has 0 aliphatic heterocycles. The van der Waals surface area contributed by atoms with E-state index >= 15 is 0 Å². The second-order valence-corrected chi connectivity index (χ2v) is 3.06. The van der Waals surface area contributed by atoms with E-state index in [4.69, 9.17) is 0 Å². The van der Waals surface area contributed by atoms with Gasteiger partial charge in [-0.25, -0.2) is 0 Å². The van der Waals surface area contributed by atoms with Crippen LogP contribution in [0.2, 0.25) is 0 Å². The summed E-state index contributed by atoms with van der Waals surface area (Å²) in [6, 6.07) is 0.412. The summed E-state index contributed by atoms with van der Waals surface area (Å²) in [5, 5.41) is 10.1. The van der Waals surface area contributed by atoms with Crippen molar-refractivity contribution in [2.75, 3.05) is 6.54 Å². The van der Waals surface area contributed by atoms with Crippen molar-refractivity contribution in [3.8, 4) is 0 Å². The zero-order valence-corrected chi connectivity index (χ0v) is 7.80. The summed E-state index contributed by atoms with van der Waals surface area (Å²) < 4.78 is 0. The van der Waals surface area contributed by atoms with Crippen molar-refractivity contribution in [2.45, 2.75) is 32.7 Å². The zero-order valence-electron chi connectivity index (χ0n) is 7.80. The summed E-state index contributed by atoms with van der Waals surface area (Å²) in [5.41, 5.74) is 1.23. The minimum Gasteiger partial charge on any atom is -0.310 e. The Hall–Kier alpha value is -0.830. The summed E-state index contributed by atoms with van der Waals surface area (Å²) in [4.78, 5) is 0. The van der Waals surface area contributed by atoms with Crippen molar-refractivity contribution >= 4 is 0 Å². The average molecular weight is 167 g/mol. The molecule has 1 heterocycles. The summed E-state index contributed by atoms with van der Waals surface area (Å²) in [7, 11) is 0. The Balaban J connectivity index is 2.25. The number of hydrogen-bond acceptors (Lipinski definition) is 2. The van der Waals surface area contributed by atoms with Gasteiger partial charge >= 0.3 is 0 Å². The number of unbranched alkanes of at least 4 members (excludes halogenated alkanes) is 1. The lowest BCUT2D eigenvalue weighted by molar-refractivity contribution is 0.555. The van der Waals surface area contributed by atoms with Gasteiger partial charge in [0.15, 0.2) is 0 Å². The van der Waals surface area contributed by atoms with Crippen molar-refractivity contribution in [1.29, 1.82) is 0 Å².